The molecule has 0 saturated heterocycles. The summed E-state index contributed by atoms with van der Waals surface area (Å²) in [5.74, 6) is -0.494. The lowest BCUT2D eigenvalue weighted by molar-refractivity contribution is 0.0980. The molecule has 3 nitrogen and oxygen atoms in total. The number of nitrogens with zero attached hydrogens (tertiary/aromatic N) is 2. The van der Waals surface area contributed by atoms with E-state index >= 15 is 0 Å². The minimum Gasteiger partial charge on any atom is -0.307 e. The molecular weight excluding hydrogens is 243 g/mol. The average Bonchev–Trinajstić information content (AvgIpc) is 2.47. The van der Waals surface area contributed by atoms with Crippen LogP contribution in [0.4, 0.5) is 10.1 Å². The summed E-state index contributed by atoms with van der Waals surface area (Å²) in [6, 6.07) is 9.83. The summed E-state index contributed by atoms with van der Waals surface area (Å²) in [7, 11) is 0. The maximum atomic E-state index is 13.4. The molecule has 4 heteroatoms. The topological polar surface area (TPSA) is 33.2 Å². The molecule has 0 spiro atoms. The lowest BCUT2D eigenvalue weighted by atomic mass is 10.0. The molecule has 1 amide bonds. The number of carbonyl (C=O) groups is 1. The average molecular weight is 256 g/mol. The monoisotopic (exact) mass is 256 g/mol. The zero-order valence-electron chi connectivity index (χ0n) is 10.3. The van der Waals surface area contributed by atoms with Crippen LogP contribution in [0.2, 0.25) is 0 Å². The van der Waals surface area contributed by atoms with Crippen LogP contribution in [0.1, 0.15) is 22.5 Å². The number of rotatable bonds is 1. The van der Waals surface area contributed by atoms with Crippen molar-refractivity contribution in [2.45, 2.75) is 12.8 Å². The first-order valence-electron chi connectivity index (χ1n) is 6.27. The number of hydrogen-bond donors (Lipinski definition) is 0. The minimum atomic E-state index is -0.320. The highest BCUT2D eigenvalue weighted by Crippen LogP contribution is 2.28. The normalized spacial score (nSPS) is 14.1. The predicted octanol–water partition coefficient (Wildman–Crippen LogP) is 2.81. The van der Waals surface area contributed by atoms with E-state index in [-0.39, 0.29) is 11.7 Å². The van der Waals surface area contributed by atoms with Gasteiger partial charge in [-0.2, -0.15) is 0 Å². The Morgan fingerprint density at radius 3 is 2.95 bits per heavy atom. The first-order valence-corrected chi connectivity index (χ1v) is 6.27. The Morgan fingerprint density at radius 1 is 1.26 bits per heavy atom. The van der Waals surface area contributed by atoms with Crippen LogP contribution < -0.4 is 4.90 Å². The van der Waals surface area contributed by atoms with Crippen molar-refractivity contribution in [3.8, 4) is 0 Å². The van der Waals surface area contributed by atoms with Crippen LogP contribution in [0.25, 0.3) is 0 Å². The Bertz CT molecular complexity index is 613. The molecule has 19 heavy (non-hydrogen) atoms. The number of benzene rings is 1. The number of carbonyl (C=O) groups excluding carboxylic acids is 1. The molecule has 0 fully saturated rings. The summed E-state index contributed by atoms with van der Waals surface area (Å²) in [6.07, 6.45) is 3.35. The van der Waals surface area contributed by atoms with E-state index in [2.05, 4.69) is 4.98 Å². The van der Waals surface area contributed by atoms with Crippen molar-refractivity contribution in [1.29, 1.82) is 0 Å². The largest absolute Gasteiger partial charge is 0.307 e. The lowest BCUT2D eigenvalue weighted by Crippen LogP contribution is -2.36. The summed E-state index contributed by atoms with van der Waals surface area (Å²) in [6.45, 7) is 0.603. The van der Waals surface area contributed by atoms with Crippen molar-refractivity contribution >= 4 is 11.6 Å². The van der Waals surface area contributed by atoms with Gasteiger partial charge in [0, 0.05) is 12.7 Å². The van der Waals surface area contributed by atoms with E-state index in [9.17, 15) is 9.18 Å². The van der Waals surface area contributed by atoms with E-state index in [1.165, 1.54) is 12.1 Å². The van der Waals surface area contributed by atoms with Gasteiger partial charge in [0.1, 0.15) is 11.5 Å². The van der Waals surface area contributed by atoms with Gasteiger partial charge in [-0.05, 0) is 42.7 Å². The number of aryl methyl sites for hydroxylation is 1. The highest BCUT2D eigenvalue weighted by molar-refractivity contribution is 6.05. The van der Waals surface area contributed by atoms with Gasteiger partial charge in [0.15, 0.2) is 0 Å². The van der Waals surface area contributed by atoms with Crippen LogP contribution >= 0.6 is 0 Å². The Kier molecular flexibility index (Phi) is 2.99. The molecule has 0 N–H and O–H groups in total. The van der Waals surface area contributed by atoms with Crippen molar-refractivity contribution in [3.63, 3.8) is 0 Å². The van der Waals surface area contributed by atoms with E-state index in [0.29, 0.717) is 17.9 Å². The molecule has 3 rings (SSSR count). The van der Waals surface area contributed by atoms with E-state index in [1.807, 2.05) is 0 Å². The van der Waals surface area contributed by atoms with Gasteiger partial charge in [0.2, 0.25) is 0 Å². The van der Waals surface area contributed by atoms with E-state index in [4.69, 9.17) is 0 Å². The van der Waals surface area contributed by atoms with Crippen LogP contribution in [-0.2, 0) is 6.42 Å². The molecule has 96 valence electrons. The number of anilines is 1. The molecular formula is C15H13FN2O. The van der Waals surface area contributed by atoms with Gasteiger partial charge in [-0.25, -0.2) is 4.39 Å². The summed E-state index contributed by atoms with van der Waals surface area (Å²) < 4.78 is 13.4. The summed E-state index contributed by atoms with van der Waals surface area (Å²) in [5.41, 5.74) is 2.07. The van der Waals surface area contributed by atoms with Crippen molar-refractivity contribution in [2.24, 2.45) is 0 Å². The lowest BCUT2D eigenvalue weighted by Gasteiger charge is -2.29. The fourth-order valence-corrected chi connectivity index (χ4v) is 2.39. The summed E-state index contributed by atoms with van der Waals surface area (Å²) >= 11 is 0. The smallest absolute Gasteiger partial charge is 0.276 e. The Morgan fingerprint density at radius 2 is 2.16 bits per heavy atom. The first-order chi connectivity index (χ1) is 9.25. The zero-order valence-corrected chi connectivity index (χ0v) is 10.3. The molecule has 2 aromatic rings. The number of aromatic nitrogens is 1. The number of fused-ring (bicyclic) bond motifs is 1. The highest BCUT2D eigenvalue weighted by atomic mass is 19.1. The predicted molar refractivity (Wildman–Crippen MR) is 70.6 cm³/mol. The van der Waals surface area contributed by atoms with Crippen molar-refractivity contribution in [2.75, 3.05) is 11.4 Å². The maximum Gasteiger partial charge on any atom is 0.276 e. The quantitative estimate of drug-likeness (QED) is 0.786. The van der Waals surface area contributed by atoms with Gasteiger partial charge in [-0.1, -0.05) is 12.1 Å². The molecule has 0 radical (unpaired) electrons. The molecule has 0 bridgehead atoms. The van der Waals surface area contributed by atoms with E-state index in [1.54, 1.807) is 35.4 Å². The second kappa shape index (κ2) is 4.80. The van der Waals surface area contributed by atoms with Gasteiger partial charge in [0.25, 0.3) is 5.91 Å². The fourth-order valence-electron chi connectivity index (χ4n) is 2.39. The molecule has 2 heterocycles. The number of halogens is 1. The fraction of sp³-hybridized carbons (Fsp3) is 0.200. The molecule has 1 aromatic heterocycles. The van der Waals surface area contributed by atoms with Gasteiger partial charge in [-0.3, -0.25) is 9.78 Å². The molecule has 0 unspecified atom stereocenters. The SMILES string of the molecule is O=C(c1ccccn1)N1CCCc2ccc(F)cc21. The van der Waals surface area contributed by atoms with Gasteiger partial charge in [0.05, 0.1) is 5.69 Å². The van der Waals surface area contributed by atoms with Gasteiger partial charge >= 0.3 is 0 Å². The van der Waals surface area contributed by atoms with E-state index in [0.717, 1.165) is 18.4 Å². The van der Waals surface area contributed by atoms with Gasteiger partial charge < -0.3 is 4.90 Å². The van der Waals surface area contributed by atoms with Crippen LogP contribution in [0.5, 0.6) is 0 Å². The number of hydrogen-bond acceptors (Lipinski definition) is 2. The first kappa shape index (κ1) is 11.8. The standard InChI is InChI=1S/C15H13FN2O/c16-12-7-6-11-4-3-9-18(14(11)10-12)15(19)13-5-1-2-8-17-13/h1-2,5-8,10H,3-4,9H2. The summed E-state index contributed by atoms with van der Waals surface area (Å²) in [5, 5.41) is 0. The molecule has 0 aliphatic carbocycles. The third-order valence-electron chi connectivity index (χ3n) is 3.30. The van der Waals surface area contributed by atoms with Crippen molar-refractivity contribution in [3.05, 3.63) is 59.7 Å². The Labute approximate surface area is 110 Å². The van der Waals surface area contributed by atoms with Crippen LogP contribution in [-0.4, -0.2) is 17.4 Å². The Hall–Kier alpha value is -2.23. The van der Waals surface area contributed by atoms with E-state index < -0.39 is 0 Å². The molecule has 1 aliphatic rings. The maximum absolute atomic E-state index is 13.4. The zero-order chi connectivity index (χ0) is 13.2. The molecule has 1 aliphatic heterocycles. The van der Waals surface area contributed by atoms with Crippen molar-refractivity contribution < 1.29 is 9.18 Å². The van der Waals surface area contributed by atoms with Crippen molar-refractivity contribution in [1.82, 2.24) is 4.98 Å². The molecule has 1 aromatic carbocycles. The third-order valence-corrected chi connectivity index (χ3v) is 3.30. The number of amides is 1. The van der Waals surface area contributed by atoms with Crippen LogP contribution in [0.15, 0.2) is 42.6 Å². The number of pyridine rings is 1. The highest BCUT2D eigenvalue weighted by Gasteiger charge is 2.24. The molecule has 0 saturated carbocycles. The minimum absolute atomic E-state index is 0.174. The second-order valence-electron chi connectivity index (χ2n) is 4.55. The third kappa shape index (κ3) is 2.21. The van der Waals surface area contributed by atoms with Crippen LogP contribution in [0.3, 0.4) is 0 Å². The summed E-state index contributed by atoms with van der Waals surface area (Å²) in [4.78, 5) is 18.1. The van der Waals surface area contributed by atoms with Crippen LogP contribution in [0, 0.1) is 5.82 Å². The molecule has 0 atom stereocenters. The Balaban J connectivity index is 2.00. The second-order valence-corrected chi connectivity index (χ2v) is 4.55. The van der Waals surface area contributed by atoms with Gasteiger partial charge in [-0.15, -0.1) is 0 Å².